The predicted molar refractivity (Wildman–Crippen MR) is 89.9 cm³/mol. The summed E-state index contributed by atoms with van der Waals surface area (Å²) in [5.41, 5.74) is 1.66. The van der Waals surface area contributed by atoms with Gasteiger partial charge in [0.1, 0.15) is 17.1 Å². The summed E-state index contributed by atoms with van der Waals surface area (Å²) in [6, 6.07) is 9.18. The van der Waals surface area contributed by atoms with E-state index in [1.165, 1.54) is 5.56 Å². The lowest BCUT2D eigenvalue weighted by Gasteiger charge is -2.28. The number of hydrogen-bond donors (Lipinski definition) is 4. The number of carbonyl (C=O) groups is 1. The van der Waals surface area contributed by atoms with Crippen molar-refractivity contribution < 1.29 is 9.90 Å². The van der Waals surface area contributed by atoms with Crippen LogP contribution in [0.3, 0.4) is 0 Å². The van der Waals surface area contributed by atoms with Gasteiger partial charge >= 0.3 is 0 Å². The highest BCUT2D eigenvalue weighted by atomic mass is 32.1. The van der Waals surface area contributed by atoms with Crippen LogP contribution in [0.1, 0.15) is 24.1 Å². The third-order valence-corrected chi connectivity index (χ3v) is 4.07. The third kappa shape index (κ3) is 3.05. The van der Waals surface area contributed by atoms with Crippen molar-refractivity contribution in [2.45, 2.75) is 24.9 Å². The predicted octanol–water partition coefficient (Wildman–Crippen LogP) is 1.74. The summed E-state index contributed by atoms with van der Waals surface area (Å²) < 4.78 is 1.65. The SMILES string of the molecule is CCc1ccc([C@@H](C2=C(O)N[C@H](S)NC2=O)n2cccn2)cc1. The zero-order chi connectivity index (χ0) is 16.4. The van der Waals surface area contributed by atoms with Gasteiger partial charge in [0.25, 0.3) is 5.91 Å². The van der Waals surface area contributed by atoms with Gasteiger partial charge in [0.15, 0.2) is 5.88 Å². The molecule has 2 atom stereocenters. The number of rotatable bonds is 4. The summed E-state index contributed by atoms with van der Waals surface area (Å²) >= 11 is 4.12. The smallest absolute Gasteiger partial charge is 0.257 e. The Morgan fingerprint density at radius 3 is 2.65 bits per heavy atom. The average molecular weight is 330 g/mol. The summed E-state index contributed by atoms with van der Waals surface area (Å²) in [6.07, 6.45) is 4.34. The fourth-order valence-electron chi connectivity index (χ4n) is 2.63. The number of carbonyl (C=O) groups excluding carboxylic acids is 1. The molecule has 0 fully saturated rings. The molecule has 120 valence electrons. The largest absolute Gasteiger partial charge is 0.494 e. The molecule has 0 bridgehead atoms. The van der Waals surface area contributed by atoms with E-state index in [4.69, 9.17) is 0 Å². The summed E-state index contributed by atoms with van der Waals surface area (Å²) in [5.74, 6) is -0.560. The van der Waals surface area contributed by atoms with Gasteiger partial charge < -0.3 is 15.7 Å². The maximum Gasteiger partial charge on any atom is 0.257 e. The first kappa shape index (κ1) is 15.5. The molecule has 2 heterocycles. The molecule has 1 aromatic carbocycles. The molecule has 2 aromatic rings. The molecule has 0 saturated carbocycles. The number of hydrogen-bond acceptors (Lipinski definition) is 5. The normalized spacial score (nSPS) is 19.2. The van der Waals surface area contributed by atoms with Crippen LogP contribution in [-0.2, 0) is 11.2 Å². The summed E-state index contributed by atoms with van der Waals surface area (Å²) in [4.78, 5) is 12.4. The molecule has 0 spiro atoms. The van der Waals surface area contributed by atoms with Crippen molar-refractivity contribution in [3.05, 3.63) is 65.3 Å². The van der Waals surface area contributed by atoms with E-state index in [-0.39, 0.29) is 17.4 Å². The minimum Gasteiger partial charge on any atom is -0.494 e. The van der Waals surface area contributed by atoms with Gasteiger partial charge in [0, 0.05) is 12.4 Å². The number of nitrogens with zero attached hydrogens (tertiary/aromatic N) is 2. The van der Waals surface area contributed by atoms with Crippen molar-refractivity contribution in [1.29, 1.82) is 0 Å². The highest BCUT2D eigenvalue weighted by Crippen LogP contribution is 2.29. The molecular formula is C16H18N4O2S. The molecule has 0 aliphatic carbocycles. The highest BCUT2D eigenvalue weighted by Gasteiger charge is 2.33. The molecule has 6 nitrogen and oxygen atoms in total. The molecule has 3 rings (SSSR count). The standard InChI is InChI=1S/C16H18N4O2S/c1-2-10-4-6-11(7-5-10)13(20-9-3-8-17-20)12-14(21)18-16(23)19-15(12)22/h3-9,13,16,18,21,23H,2H2,1H3,(H,19,22)/t13-,16-/m0/s1. The first-order chi connectivity index (χ1) is 11.1. The van der Waals surface area contributed by atoms with Crippen molar-refractivity contribution in [3.63, 3.8) is 0 Å². The van der Waals surface area contributed by atoms with Crippen LogP contribution in [0.2, 0.25) is 0 Å². The zero-order valence-corrected chi connectivity index (χ0v) is 13.5. The molecular weight excluding hydrogens is 312 g/mol. The van der Waals surface area contributed by atoms with Crippen LogP contribution in [0, 0.1) is 0 Å². The number of aliphatic hydroxyl groups is 1. The monoisotopic (exact) mass is 330 g/mol. The molecule has 0 unspecified atom stereocenters. The minimum atomic E-state index is -0.619. The Hall–Kier alpha value is -2.41. The molecule has 23 heavy (non-hydrogen) atoms. The molecule has 1 aliphatic rings. The van der Waals surface area contributed by atoms with E-state index < -0.39 is 11.5 Å². The minimum absolute atomic E-state index is 0.186. The van der Waals surface area contributed by atoms with E-state index in [9.17, 15) is 9.90 Å². The Labute approximate surface area is 139 Å². The second kappa shape index (κ2) is 6.37. The van der Waals surface area contributed by atoms with Gasteiger partial charge in [-0.3, -0.25) is 9.48 Å². The lowest BCUT2D eigenvalue weighted by Crippen LogP contribution is -2.49. The van der Waals surface area contributed by atoms with E-state index in [0.717, 1.165) is 12.0 Å². The van der Waals surface area contributed by atoms with Crippen molar-refractivity contribution in [1.82, 2.24) is 20.4 Å². The van der Waals surface area contributed by atoms with Crippen LogP contribution in [0.4, 0.5) is 0 Å². The van der Waals surface area contributed by atoms with E-state index in [1.807, 2.05) is 24.3 Å². The Morgan fingerprint density at radius 1 is 1.35 bits per heavy atom. The first-order valence-corrected chi connectivity index (χ1v) is 7.88. The van der Waals surface area contributed by atoms with Crippen molar-refractivity contribution in [3.8, 4) is 0 Å². The lowest BCUT2D eigenvalue weighted by atomic mass is 9.96. The molecule has 1 aliphatic heterocycles. The summed E-state index contributed by atoms with van der Waals surface area (Å²) in [7, 11) is 0. The second-order valence-corrected chi connectivity index (χ2v) is 5.78. The van der Waals surface area contributed by atoms with Crippen LogP contribution in [0.5, 0.6) is 0 Å². The molecule has 1 aromatic heterocycles. The van der Waals surface area contributed by atoms with Crippen LogP contribution >= 0.6 is 12.6 Å². The zero-order valence-electron chi connectivity index (χ0n) is 12.6. The molecule has 0 saturated heterocycles. The number of thiol groups is 1. The van der Waals surface area contributed by atoms with Crippen LogP contribution < -0.4 is 10.6 Å². The molecule has 7 heteroatoms. The Bertz CT molecular complexity index is 725. The Balaban J connectivity index is 2.09. The summed E-state index contributed by atoms with van der Waals surface area (Å²) in [5, 5.41) is 19.9. The van der Waals surface area contributed by atoms with Crippen LogP contribution in [0.25, 0.3) is 0 Å². The van der Waals surface area contributed by atoms with Gasteiger partial charge in [0.2, 0.25) is 0 Å². The first-order valence-electron chi connectivity index (χ1n) is 7.36. The van der Waals surface area contributed by atoms with E-state index >= 15 is 0 Å². The third-order valence-electron chi connectivity index (χ3n) is 3.81. The topological polar surface area (TPSA) is 79.2 Å². The molecule has 3 N–H and O–H groups in total. The average Bonchev–Trinajstić information content (AvgIpc) is 3.05. The Kier molecular flexibility index (Phi) is 4.29. The van der Waals surface area contributed by atoms with E-state index in [1.54, 1.807) is 23.1 Å². The van der Waals surface area contributed by atoms with Gasteiger partial charge in [-0.05, 0) is 23.6 Å². The van der Waals surface area contributed by atoms with Gasteiger partial charge in [-0.2, -0.15) is 5.10 Å². The van der Waals surface area contributed by atoms with Crippen LogP contribution in [-0.4, -0.2) is 26.3 Å². The number of benzene rings is 1. The van der Waals surface area contributed by atoms with Crippen LogP contribution in [0.15, 0.2) is 54.2 Å². The van der Waals surface area contributed by atoms with Gasteiger partial charge in [-0.1, -0.05) is 31.2 Å². The number of nitrogens with one attached hydrogen (secondary N) is 2. The quantitative estimate of drug-likeness (QED) is 0.644. The second-order valence-electron chi connectivity index (χ2n) is 5.27. The summed E-state index contributed by atoms with van der Waals surface area (Å²) in [6.45, 7) is 2.08. The number of aromatic nitrogens is 2. The lowest BCUT2D eigenvalue weighted by molar-refractivity contribution is -0.119. The molecule has 1 amide bonds. The maximum atomic E-state index is 12.4. The van der Waals surface area contributed by atoms with Gasteiger partial charge in [-0.15, -0.1) is 12.6 Å². The number of aliphatic hydroxyl groups excluding tert-OH is 1. The van der Waals surface area contributed by atoms with Crippen molar-refractivity contribution in [2.24, 2.45) is 0 Å². The van der Waals surface area contributed by atoms with E-state index in [2.05, 4.69) is 35.3 Å². The maximum absolute atomic E-state index is 12.4. The van der Waals surface area contributed by atoms with Gasteiger partial charge in [-0.25, -0.2) is 0 Å². The fourth-order valence-corrected chi connectivity index (χ4v) is 2.87. The number of amides is 1. The van der Waals surface area contributed by atoms with Crippen molar-refractivity contribution >= 4 is 18.5 Å². The molecule has 0 radical (unpaired) electrons. The Morgan fingerprint density at radius 2 is 2.09 bits per heavy atom. The highest BCUT2D eigenvalue weighted by molar-refractivity contribution is 7.80. The van der Waals surface area contributed by atoms with E-state index in [0.29, 0.717) is 0 Å². The number of aryl methyl sites for hydroxylation is 1. The van der Waals surface area contributed by atoms with Gasteiger partial charge in [0.05, 0.1) is 0 Å². The van der Waals surface area contributed by atoms with Crippen molar-refractivity contribution in [2.75, 3.05) is 0 Å². The fraction of sp³-hybridized carbons (Fsp3) is 0.250.